The van der Waals surface area contributed by atoms with Crippen molar-refractivity contribution in [3.8, 4) is 5.75 Å². The quantitative estimate of drug-likeness (QED) is 0.897. The number of pyridine rings is 1. The Morgan fingerprint density at radius 2 is 2.36 bits per heavy atom. The number of rotatable bonds is 4. The topological polar surface area (TPSA) is 97.3 Å². The first-order valence-corrected chi connectivity index (χ1v) is 7.49. The number of ether oxygens (including phenoxy) is 1. The van der Waals surface area contributed by atoms with E-state index in [1.165, 1.54) is 16.2 Å². The Morgan fingerprint density at radius 1 is 1.50 bits per heavy atom. The summed E-state index contributed by atoms with van der Waals surface area (Å²) in [4.78, 5) is 29.5. The van der Waals surface area contributed by atoms with Gasteiger partial charge in [-0.2, -0.15) is 0 Å². The predicted molar refractivity (Wildman–Crippen MR) is 80.0 cm³/mol. The van der Waals surface area contributed by atoms with Crippen LogP contribution >= 0.6 is 11.3 Å². The Bertz CT molecular complexity index is 717. The molecule has 9 heteroatoms. The molecule has 0 aliphatic carbocycles. The molecule has 0 unspecified atom stereocenters. The van der Waals surface area contributed by atoms with Gasteiger partial charge in [-0.3, -0.25) is 19.8 Å². The van der Waals surface area contributed by atoms with E-state index in [4.69, 9.17) is 4.74 Å². The van der Waals surface area contributed by atoms with Crippen molar-refractivity contribution in [2.45, 2.75) is 13.3 Å². The van der Waals surface area contributed by atoms with Crippen LogP contribution in [0.3, 0.4) is 0 Å². The number of hydrogen-bond donors (Lipinski definition) is 1. The van der Waals surface area contributed by atoms with E-state index in [1.54, 1.807) is 18.3 Å². The van der Waals surface area contributed by atoms with Crippen LogP contribution in [0.4, 0.5) is 10.9 Å². The summed E-state index contributed by atoms with van der Waals surface area (Å²) in [5.74, 6) is 0.165. The van der Waals surface area contributed by atoms with E-state index in [-0.39, 0.29) is 25.0 Å². The van der Waals surface area contributed by atoms with E-state index in [2.05, 4.69) is 20.5 Å². The molecule has 114 valence electrons. The first-order valence-electron chi connectivity index (χ1n) is 6.67. The van der Waals surface area contributed by atoms with Crippen molar-refractivity contribution >= 4 is 34.1 Å². The predicted octanol–water partition coefficient (Wildman–Crippen LogP) is 0.860. The second kappa shape index (κ2) is 6.06. The van der Waals surface area contributed by atoms with Crippen molar-refractivity contribution < 1.29 is 14.3 Å². The lowest BCUT2D eigenvalue weighted by Crippen LogP contribution is -2.43. The van der Waals surface area contributed by atoms with Gasteiger partial charge >= 0.3 is 0 Å². The molecule has 0 fully saturated rings. The minimum atomic E-state index is -0.356. The van der Waals surface area contributed by atoms with Crippen molar-refractivity contribution in [3.05, 3.63) is 23.3 Å². The summed E-state index contributed by atoms with van der Waals surface area (Å²) in [6.07, 6.45) is 2.30. The number of anilines is 2. The van der Waals surface area contributed by atoms with Gasteiger partial charge in [0.1, 0.15) is 11.6 Å². The lowest BCUT2D eigenvalue weighted by Gasteiger charge is -2.27. The zero-order chi connectivity index (χ0) is 15.5. The van der Waals surface area contributed by atoms with Crippen LogP contribution in [0.2, 0.25) is 0 Å². The van der Waals surface area contributed by atoms with E-state index in [0.717, 1.165) is 11.4 Å². The third-order valence-electron chi connectivity index (χ3n) is 2.98. The van der Waals surface area contributed by atoms with Crippen molar-refractivity contribution in [2.75, 3.05) is 23.4 Å². The van der Waals surface area contributed by atoms with E-state index in [9.17, 15) is 9.59 Å². The van der Waals surface area contributed by atoms with Gasteiger partial charge < -0.3 is 4.74 Å². The molecule has 0 radical (unpaired) electrons. The first-order chi connectivity index (χ1) is 10.7. The number of aryl methyl sites for hydroxylation is 1. The van der Waals surface area contributed by atoms with Crippen molar-refractivity contribution in [2.24, 2.45) is 0 Å². The third kappa shape index (κ3) is 2.89. The van der Waals surface area contributed by atoms with E-state index < -0.39 is 0 Å². The molecule has 0 bridgehead atoms. The summed E-state index contributed by atoms with van der Waals surface area (Å²) in [6.45, 7) is 1.71. The normalized spacial score (nSPS) is 13.5. The lowest BCUT2D eigenvalue weighted by molar-refractivity contribution is -0.123. The number of amides is 2. The zero-order valence-electron chi connectivity index (χ0n) is 11.8. The highest BCUT2D eigenvalue weighted by molar-refractivity contribution is 7.15. The summed E-state index contributed by atoms with van der Waals surface area (Å²) >= 11 is 1.31. The fraction of sp³-hybridized carbons (Fsp3) is 0.308. The Morgan fingerprint density at radius 3 is 3.14 bits per heavy atom. The highest BCUT2D eigenvalue weighted by atomic mass is 32.1. The molecule has 1 aliphatic heterocycles. The van der Waals surface area contributed by atoms with Crippen LogP contribution < -0.4 is 15.0 Å². The van der Waals surface area contributed by atoms with Gasteiger partial charge in [0.15, 0.2) is 18.2 Å². The van der Waals surface area contributed by atoms with Gasteiger partial charge in [-0.25, -0.2) is 4.98 Å². The van der Waals surface area contributed by atoms with Gasteiger partial charge in [0.05, 0.1) is 0 Å². The molecule has 2 amide bonds. The fourth-order valence-electron chi connectivity index (χ4n) is 1.95. The molecule has 2 aromatic heterocycles. The molecule has 22 heavy (non-hydrogen) atoms. The number of carbonyl (C=O) groups excluding carboxylic acids is 2. The van der Waals surface area contributed by atoms with Gasteiger partial charge in [0.25, 0.3) is 5.91 Å². The van der Waals surface area contributed by atoms with Crippen LogP contribution in [0.25, 0.3) is 0 Å². The minimum Gasteiger partial charge on any atom is -0.480 e. The summed E-state index contributed by atoms with van der Waals surface area (Å²) < 4.78 is 5.28. The van der Waals surface area contributed by atoms with Crippen molar-refractivity contribution in [1.82, 2.24) is 15.2 Å². The number of aromatic nitrogens is 3. The summed E-state index contributed by atoms with van der Waals surface area (Å²) in [6, 6.07) is 3.42. The zero-order valence-corrected chi connectivity index (χ0v) is 12.6. The highest BCUT2D eigenvalue weighted by Crippen LogP contribution is 2.28. The van der Waals surface area contributed by atoms with E-state index in [0.29, 0.717) is 16.7 Å². The summed E-state index contributed by atoms with van der Waals surface area (Å²) in [5.41, 5.74) is 0. The molecule has 0 saturated carbocycles. The maximum Gasteiger partial charge on any atom is 0.266 e. The van der Waals surface area contributed by atoms with Crippen LogP contribution in [0.15, 0.2) is 18.3 Å². The van der Waals surface area contributed by atoms with E-state index >= 15 is 0 Å². The van der Waals surface area contributed by atoms with Crippen LogP contribution in [0, 0.1) is 0 Å². The maximum absolute atomic E-state index is 12.1. The van der Waals surface area contributed by atoms with Crippen LogP contribution in [-0.2, 0) is 16.0 Å². The molecule has 0 aromatic carbocycles. The summed E-state index contributed by atoms with van der Waals surface area (Å²) in [7, 11) is 0. The number of nitrogens with zero attached hydrogens (tertiary/aromatic N) is 4. The van der Waals surface area contributed by atoms with Gasteiger partial charge in [0.2, 0.25) is 11.0 Å². The molecule has 0 spiro atoms. The van der Waals surface area contributed by atoms with Crippen LogP contribution in [0.5, 0.6) is 5.75 Å². The Labute approximate surface area is 130 Å². The van der Waals surface area contributed by atoms with E-state index in [1.807, 2.05) is 6.92 Å². The number of fused-ring (bicyclic) bond motifs is 1. The smallest absolute Gasteiger partial charge is 0.266 e. The van der Waals surface area contributed by atoms with Crippen LogP contribution in [0.1, 0.15) is 11.9 Å². The monoisotopic (exact) mass is 319 g/mol. The van der Waals surface area contributed by atoms with Crippen molar-refractivity contribution in [3.63, 3.8) is 0 Å². The highest BCUT2D eigenvalue weighted by Gasteiger charge is 2.28. The number of nitrogens with one attached hydrogen (secondary N) is 1. The molecule has 3 rings (SSSR count). The largest absolute Gasteiger partial charge is 0.480 e. The molecule has 0 atom stereocenters. The molecule has 8 nitrogen and oxygen atoms in total. The molecule has 2 aromatic rings. The standard InChI is InChI=1S/C13H13N5O3S/c1-2-10-16-17-13(22-10)15-9(19)6-18-11(20)7-21-8-4-3-5-14-12(8)18/h3-5H,2,6-7H2,1H3,(H,15,17,19). The van der Waals surface area contributed by atoms with Gasteiger partial charge in [-0.05, 0) is 18.6 Å². The second-order valence-corrected chi connectivity index (χ2v) is 5.56. The van der Waals surface area contributed by atoms with Gasteiger partial charge in [0, 0.05) is 6.20 Å². The maximum atomic E-state index is 12.1. The third-order valence-corrected chi connectivity index (χ3v) is 3.96. The average Bonchev–Trinajstić information content (AvgIpc) is 2.98. The number of hydrogen-bond acceptors (Lipinski definition) is 7. The molecular formula is C13H13N5O3S. The Balaban J connectivity index is 1.72. The van der Waals surface area contributed by atoms with Crippen LogP contribution in [-0.4, -0.2) is 40.1 Å². The summed E-state index contributed by atoms with van der Waals surface area (Å²) in [5, 5.41) is 11.7. The lowest BCUT2D eigenvalue weighted by atomic mass is 10.3. The first kappa shape index (κ1) is 14.4. The molecule has 0 saturated heterocycles. The van der Waals surface area contributed by atoms with Crippen molar-refractivity contribution in [1.29, 1.82) is 0 Å². The number of carbonyl (C=O) groups is 2. The Hall–Kier alpha value is -2.55. The molecule has 1 aliphatic rings. The van der Waals surface area contributed by atoms with Gasteiger partial charge in [-0.1, -0.05) is 18.3 Å². The molecular weight excluding hydrogens is 306 g/mol. The Kier molecular flexibility index (Phi) is 3.96. The molecule has 1 N–H and O–H groups in total. The second-order valence-electron chi connectivity index (χ2n) is 4.50. The van der Waals surface area contributed by atoms with Gasteiger partial charge in [-0.15, -0.1) is 10.2 Å². The molecule has 3 heterocycles. The fourth-order valence-corrected chi connectivity index (χ4v) is 2.64. The SMILES string of the molecule is CCc1nnc(NC(=O)CN2C(=O)COc3cccnc32)s1. The average molecular weight is 319 g/mol. The minimum absolute atomic E-state index is 0.106.